The molecule has 1 atom stereocenters. The van der Waals surface area contributed by atoms with Gasteiger partial charge >= 0.3 is 0 Å². The number of nitro groups is 1. The molecule has 28 heavy (non-hydrogen) atoms. The molecule has 1 amide bonds. The van der Waals surface area contributed by atoms with Gasteiger partial charge in [0.25, 0.3) is 11.6 Å². The van der Waals surface area contributed by atoms with Gasteiger partial charge in [0.1, 0.15) is 11.6 Å². The zero-order valence-corrected chi connectivity index (χ0v) is 15.7. The van der Waals surface area contributed by atoms with Crippen molar-refractivity contribution in [1.82, 2.24) is 9.80 Å². The van der Waals surface area contributed by atoms with E-state index in [1.807, 2.05) is 11.8 Å². The molecule has 0 radical (unpaired) electrons. The monoisotopic (exact) mass is 389 g/mol. The summed E-state index contributed by atoms with van der Waals surface area (Å²) in [7, 11) is 0. The lowest BCUT2D eigenvalue weighted by Crippen LogP contribution is -2.53. The van der Waals surface area contributed by atoms with Gasteiger partial charge in [0, 0.05) is 43.3 Å². The molecule has 0 spiro atoms. The van der Waals surface area contributed by atoms with Crippen LogP contribution in [0.2, 0.25) is 0 Å². The summed E-state index contributed by atoms with van der Waals surface area (Å²) in [5.74, 6) is -1.33. The van der Waals surface area contributed by atoms with Crippen LogP contribution in [0, 0.1) is 28.7 Å². The molecular weight excluding hydrogens is 368 g/mol. The smallest absolute Gasteiger partial charge is 0.275 e. The molecular formula is C20H21F2N3O3. The van der Waals surface area contributed by atoms with E-state index >= 15 is 0 Å². The van der Waals surface area contributed by atoms with Crippen molar-refractivity contribution in [2.24, 2.45) is 0 Å². The average Bonchev–Trinajstić information content (AvgIpc) is 2.64. The lowest BCUT2D eigenvalue weighted by Gasteiger charge is -2.40. The van der Waals surface area contributed by atoms with E-state index in [9.17, 15) is 23.7 Å². The highest BCUT2D eigenvalue weighted by Gasteiger charge is 2.29. The molecule has 1 aliphatic heterocycles. The molecule has 0 aromatic heterocycles. The molecule has 6 nitrogen and oxygen atoms in total. The Hall–Kier alpha value is -2.87. The maximum atomic E-state index is 13.8. The first kappa shape index (κ1) is 19.9. The number of hydrogen-bond acceptors (Lipinski definition) is 4. The number of hydrogen-bond donors (Lipinski definition) is 0. The van der Waals surface area contributed by atoms with Gasteiger partial charge in [-0.1, -0.05) is 6.07 Å². The number of amides is 1. The molecule has 0 bridgehead atoms. The Morgan fingerprint density at radius 1 is 1.21 bits per heavy atom. The highest BCUT2D eigenvalue weighted by atomic mass is 19.1. The van der Waals surface area contributed by atoms with E-state index in [-0.39, 0.29) is 17.6 Å². The summed E-state index contributed by atoms with van der Waals surface area (Å²) < 4.78 is 27.2. The normalized spacial score (nSPS) is 17.6. The lowest BCUT2D eigenvalue weighted by atomic mass is 10.0. The number of halogens is 2. The molecule has 3 rings (SSSR count). The molecule has 2 aromatic rings. The third kappa shape index (κ3) is 4.17. The predicted molar refractivity (Wildman–Crippen MR) is 100.0 cm³/mol. The van der Waals surface area contributed by atoms with Crippen LogP contribution in [0.4, 0.5) is 14.5 Å². The Morgan fingerprint density at radius 3 is 2.61 bits per heavy atom. The topological polar surface area (TPSA) is 66.7 Å². The van der Waals surface area contributed by atoms with Crippen LogP contribution in [0.5, 0.6) is 0 Å². The zero-order chi connectivity index (χ0) is 20.4. The van der Waals surface area contributed by atoms with Gasteiger partial charge in [-0.25, -0.2) is 8.78 Å². The molecule has 8 heteroatoms. The van der Waals surface area contributed by atoms with Gasteiger partial charge in [0.05, 0.1) is 11.0 Å². The molecule has 148 valence electrons. The Morgan fingerprint density at radius 2 is 1.96 bits per heavy atom. The molecule has 1 aliphatic rings. The van der Waals surface area contributed by atoms with Crippen LogP contribution >= 0.6 is 0 Å². The summed E-state index contributed by atoms with van der Waals surface area (Å²) in [6.07, 6.45) is 0. The van der Waals surface area contributed by atoms with Crippen LogP contribution in [-0.4, -0.2) is 46.3 Å². The van der Waals surface area contributed by atoms with Crippen molar-refractivity contribution in [2.75, 3.05) is 19.6 Å². The van der Waals surface area contributed by atoms with E-state index in [0.717, 1.165) is 6.07 Å². The minimum absolute atomic E-state index is 0.131. The van der Waals surface area contributed by atoms with Gasteiger partial charge < -0.3 is 4.90 Å². The van der Waals surface area contributed by atoms with Crippen LogP contribution in [-0.2, 0) is 6.54 Å². The number of nitrogens with zero attached hydrogens (tertiary/aromatic N) is 3. The highest BCUT2D eigenvalue weighted by molar-refractivity contribution is 5.94. The Kier molecular flexibility index (Phi) is 5.69. The summed E-state index contributed by atoms with van der Waals surface area (Å²) in [6.45, 7) is 5.37. The number of carbonyl (C=O) groups is 1. The summed E-state index contributed by atoms with van der Waals surface area (Å²) >= 11 is 0. The zero-order valence-electron chi connectivity index (χ0n) is 15.7. The molecule has 1 saturated heterocycles. The summed E-state index contributed by atoms with van der Waals surface area (Å²) in [5, 5.41) is 11.1. The fourth-order valence-electron chi connectivity index (χ4n) is 3.58. The van der Waals surface area contributed by atoms with Gasteiger partial charge in [-0.3, -0.25) is 19.8 Å². The minimum atomic E-state index is -0.639. The Bertz CT molecular complexity index is 920. The number of nitro benzene ring substituents is 1. The first-order chi connectivity index (χ1) is 13.3. The number of benzene rings is 2. The molecule has 0 saturated carbocycles. The predicted octanol–water partition coefficient (Wildman–Crippen LogP) is 3.53. The van der Waals surface area contributed by atoms with Crippen molar-refractivity contribution in [3.63, 3.8) is 0 Å². The lowest BCUT2D eigenvalue weighted by molar-refractivity contribution is -0.385. The summed E-state index contributed by atoms with van der Waals surface area (Å²) in [6, 6.07) is 7.71. The third-order valence-electron chi connectivity index (χ3n) is 5.09. The maximum Gasteiger partial charge on any atom is 0.275 e. The standard InChI is InChI=1S/C20H21F2N3O3/c1-13-11-23(12-16-9-18(22)10-19(14(16)2)25(27)28)6-7-24(13)20(26)15-4-3-5-17(21)8-15/h3-5,8-10,13H,6-7,11-12H2,1-2H3/t13-/m0/s1. The van der Waals surface area contributed by atoms with Gasteiger partial charge in [-0.2, -0.15) is 0 Å². The Labute approximate surface area is 161 Å². The fourth-order valence-corrected chi connectivity index (χ4v) is 3.58. The van der Waals surface area contributed by atoms with Crippen LogP contribution in [0.1, 0.15) is 28.4 Å². The van der Waals surface area contributed by atoms with Gasteiger partial charge in [-0.05, 0) is 43.7 Å². The van der Waals surface area contributed by atoms with E-state index in [4.69, 9.17) is 0 Å². The third-order valence-corrected chi connectivity index (χ3v) is 5.09. The highest BCUT2D eigenvalue weighted by Crippen LogP contribution is 2.25. The van der Waals surface area contributed by atoms with Gasteiger partial charge in [0.15, 0.2) is 0 Å². The average molecular weight is 389 g/mol. The van der Waals surface area contributed by atoms with Crippen molar-refractivity contribution in [3.05, 3.63) is 74.8 Å². The largest absolute Gasteiger partial charge is 0.333 e. The number of carbonyl (C=O) groups excluding carboxylic acids is 1. The van der Waals surface area contributed by atoms with Crippen molar-refractivity contribution in [2.45, 2.75) is 26.4 Å². The van der Waals surface area contributed by atoms with E-state index < -0.39 is 16.6 Å². The van der Waals surface area contributed by atoms with Crippen LogP contribution < -0.4 is 0 Å². The number of rotatable bonds is 4. The Balaban J connectivity index is 1.71. The van der Waals surface area contributed by atoms with Crippen LogP contribution in [0.25, 0.3) is 0 Å². The van der Waals surface area contributed by atoms with E-state index in [2.05, 4.69) is 0 Å². The maximum absolute atomic E-state index is 13.8. The quantitative estimate of drug-likeness (QED) is 0.593. The summed E-state index contributed by atoms with van der Waals surface area (Å²) in [4.78, 5) is 26.9. The molecule has 1 fully saturated rings. The van der Waals surface area contributed by atoms with E-state index in [0.29, 0.717) is 42.9 Å². The minimum Gasteiger partial charge on any atom is -0.333 e. The first-order valence-corrected chi connectivity index (χ1v) is 8.98. The number of piperazine rings is 1. The van der Waals surface area contributed by atoms with Crippen molar-refractivity contribution in [1.29, 1.82) is 0 Å². The second kappa shape index (κ2) is 8.02. The van der Waals surface area contributed by atoms with Crippen molar-refractivity contribution < 1.29 is 18.5 Å². The van der Waals surface area contributed by atoms with E-state index in [1.54, 1.807) is 17.9 Å². The van der Waals surface area contributed by atoms with Crippen molar-refractivity contribution >= 4 is 11.6 Å². The first-order valence-electron chi connectivity index (χ1n) is 8.98. The van der Waals surface area contributed by atoms with Gasteiger partial charge in [-0.15, -0.1) is 0 Å². The van der Waals surface area contributed by atoms with Crippen LogP contribution in [0.3, 0.4) is 0 Å². The summed E-state index contributed by atoms with van der Waals surface area (Å²) in [5.41, 5.74) is 1.07. The molecule has 0 aliphatic carbocycles. The second-order valence-electron chi connectivity index (χ2n) is 7.06. The van der Waals surface area contributed by atoms with E-state index in [1.165, 1.54) is 24.3 Å². The molecule has 0 N–H and O–H groups in total. The van der Waals surface area contributed by atoms with Crippen molar-refractivity contribution in [3.8, 4) is 0 Å². The van der Waals surface area contributed by atoms with Gasteiger partial charge in [0.2, 0.25) is 0 Å². The molecule has 1 heterocycles. The molecule has 0 unspecified atom stereocenters. The van der Waals surface area contributed by atoms with Crippen LogP contribution in [0.15, 0.2) is 36.4 Å². The molecule has 2 aromatic carbocycles. The second-order valence-corrected chi connectivity index (χ2v) is 7.06. The SMILES string of the molecule is Cc1c(CN2CCN(C(=O)c3cccc(F)c3)[C@@H](C)C2)cc(F)cc1[N+](=O)[O-]. The fraction of sp³-hybridized carbons (Fsp3) is 0.350.